The van der Waals surface area contributed by atoms with Crippen molar-refractivity contribution in [1.82, 2.24) is 5.43 Å². The van der Waals surface area contributed by atoms with Crippen molar-refractivity contribution in [3.05, 3.63) is 35.9 Å². The topological polar surface area (TPSA) is 41.5 Å². The number of nitrogens with one attached hydrogen (secondary N) is 1. The van der Waals surface area contributed by atoms with E-state index in [0.29, 0.717) is 11.8 Å². The Labute approximate surface area is 144 Å². The number of carbonyl (C=O) groups is 1. The van der Waals surface area contributed by atoms with Crippen LogP contribution in [-0.2, 0) is 11.2 Å². The van der Waals surface area contributed by atoms with Gasteiger partial charge >= 0.3 is 0 Å². The molecule has 0 saturated heterocycles. The molecular formula is C21H28N2O. The molecule has 0 unspecified atom stereocenters. The van der Waals surface area contributed by atoms with Gasteiger partial charge in [0, 0.05) is 17.5 Å². The summed E-state index contributed by atoms with van der Waals surface area (Å²) in [5.74, 6) is 2.77. The zero-order valence-electron chi connectivity index (χ0n) is 14.6. The average molecular weight is 324 g/mol. The highest BCUT2D eigenvalue weighted by molar-refractivity contribution is 5.89. The molecule has 0 spiro atoms. The number of hydrogen-bond acceptors (Lipinski definition) is 2. The number of aryl methyl sites for hydroxylation is 1. The SMILES string of the molecule is C/C(=N/NC(=O)CCc1ccccc1)C12CC3CC(CC(C3)C1)C2. The minimum absolute atomic E-state index is 0.0305. The first-order valence-corrected chi connectivity index (χ1v) is 9.50. The van der Waals surface area contributed by atoms with Crippen molar-refractivity contribution < 1.29 is 4.79 Å². The minimum atomic E-state index is 0.0305. The summed E-state index contributed by atoms with van der Waals surface area (Å²) in [6, 6.07) is 10.2. The molecule has 5 rings (SSSR count). The van der Waals surface area contributed by atoms with E-state index in [0.717, 1.165) is 24.2 Å². The monoisotopic (exact) mass is 324 g/mol. The van der Waals surface area contributed by atoms with E-state index in [4.69, 9.17) is 0 Å². The van der Waals surface area contributed by atoms with E-state index < -0.39 is 0 Å². The molecule has 1 amide bonds. The Morgan fingerprint density at radius 2 is 1.67 bits per heavy atom. The van der Waals surface area contributed by atoms with E-state index in [1.165, 1.54) is 49.8 Å². The molecule has 1 aromatic carbocycles. The molecule has 3 nitrogen and oxygen atoms in total. The Balaban J connectivity index is 1.34. The quantitative estimate of drug-likeness (QED) is 0.636. The van der Waals surface area contributed by atoms with Gasteiger partial charge in [-0.15, -0.1) is 0 Å². The number of hydrazone groups is 1. The maximum Gasteiger partial charge on any atom is 0.240 e. The van der Waals surface area contributed by atoms with Gasteiger partial charge in [-0.05, 0) is 75.2 Å². The molecule has 0 radical (unpaired) electrons. The standard InChI is InChI=1S/C21H28N2O/c1-15(21-12-17-9-18(13-21)11-19(10-17)14-21)22-23-20(24)8-7-16-5-3-2-4-6-16/h2-6,17-19H,7-14H2,1H3,(H,23,24)/b22-15-. The molecule has 4 aliphatic carbocycles. The van der Waals surface area contributed by atoms with Gasteiger partial charge in [0.05, 0.1) is 0 Å². The number of benzene rings is 1. The highest BCUT2D eigenvalue weighted by atomic mass is 16.2. The molecule has 4 aliphatic rings. The van der Waals surface area contributed by atoms with Crippen LogP contribution in [0.1, 0.15) is 57.4 Å². The Bertz CT molecular complexity index is 599. The van der Waals surface area contributed by atoms with E-state index in [9.17, 15) is 4.79 Å². The van der Waals surface area contributed by atoms with Crippen LogP contribution in [0, 0.1) is 23.2 Å². The second-order valence-electron chi connectivity index (χ2n) is 8.42. The van der Waals surface area contributed by atoms with Crippen LogP contribution < -0.4 is 5.43 Å². The van der Waals surface area contributed by atoms with Gasteiger partial charge in [0.2, 0.25) is 5.91 Å². The van der Waals surface area contributed by atoms with Crippen molar-refractivity contribution in [2.24, 2.45) is 28.3 Å². The summed E-state index contributed by atoms with van der Waals surface area (Å²) in [5.41, 5.74) is 5.50. The number of carbonyl (C=O) groups excluding carboxylic acids is 1. The zero-order chi connectivity index (χ0) is 16.6. The molecule has 4 fully saturated rings. The van der Waals surface area contributed by atoms with Crippen LogP contribution >= 0.6 is 0 Å². The molecule has 4 bridgehead atoms. The lowest BCUT2D eigenvalue weighted by Gasteiger charge is -2.56. The van der Waals surface area contributed by atoms with Gasteiger partial charge in [0.25, 0.3) is 0 Å². The highest BCUT2D eigenvalue weighted by Gasteiger charge is 2.52. The minimum Gasteiger partial charge on any atom is -0.273 e. The fourth-order valence-electron chi connectivity index (χ4n) is 5.78. The third kappa shape index (κ3) is 3.13. The van der Waals surface area contributed by atoms with Crippen LogP contribution in [0.15, 0.2) is 35.4 Å². The Kier molecular flexibility index (Phi) is 4.19. The molecule has 0 heterocycles. The van der Waals surface area contributed by atoms with E-state index in [-0.39, 0.29) is 5.91 Å². The van der Waals surface area contributed by atoms with E-state index in [1.807, 2.05) is 18.2 Å². The van der Waals surface area contributed by atoms with Crippen LogP contribution in [0.5, 0.6) is 0 Å². The van der Waals surface area contributed by atoms with Gasteiger partial charge in [-0.1, -0.05) is 30.3 Å². The first-order chi connectivity index (χ1) is 11.6. The van der Waals surface area contributed by atoms with Gasteiger partial charge in [-0.3, -0.25) is 4.79 Å². The number of rotatable bonds is 5. The molecule has 3 heteroatoms. The van der Waals surface area contributed by atoms with Crippen molar-refractivity contribution in [2.75, 3.05) is 0 Å². The molecule has 0 aromatic heterocycles. The second kappa shape index (κ2) is 6.34. The Morgan fingerprint density at radius 3 is 2.25 bits per heavy atom. The van der Waals surface area contributed by atoms with Crippen molar-refractivity contribution in [3.8, 4) is 0 Å². The number of nitrogens with zero attached hydrogens (tertiary/aromatic N) is 1. The summed E-state index contributed by atoms with van der Waals surface area (Å²) in [4.78, 5) is 12.1. The molecule has 1 aromatic rings. The van der Waals surface area contributed by atoms with Crippen molar-refractivity contribution in [2.45, 2.75) is 58.3 Å². The normalized spacial score (nSPS) is 34.4. The number of hydrogen-bond donors (Lipinski definition) is 1. The van der Waals surface area contributed by atoms with Crippen LogP contribution in [-0.4, -0.2) is 11.6 Å². The van der Waals surface area contributed by atoms with Crippen LogP contribution in [0.25, 0.3) is 0 Å². The van der Waals surface area contributed by atoms with Gasteiger partial charge in [-0.25, -0.2) is 5.43 Å². The largest absolute Gasteiger partial charge is 0.273 e. The lowest BCUT2D eigenvalue weighted by atomic mass is 9.48. The summed E-state index contributed by atoms with van der Waals surface area (Å²) < 4.78 is 0. The molecular weight excluding hydrogens is 296 g/mol. The lowest BCUT2D eigenvalue weighted by molar-refractivity contribution is -0.121. The van der Waals surface area contributed by atoms with Crippen LogP contribution in [0.2, 0.25) is 0 Å². The van der Waals surface area contributed by atoms with E-state index in [2.05, 4.69) is 29.6 Å². The smallest absolute Gasteiger partial charge is 0.240 e. The predicted molar refractivity (Wildman–Crippen MR) is 96.6 cm³/mol. The van der Waals surface area contributed by atoms with Crippen molar-refractivity contribution in [1.29, 1.82) is 0 Å². The molecule has 0 aliphatic heterocycles. The van der Waals surface area contributed by atoms with E-state index in [1.54, 1.807) is 0 Å². The second-order valence-corrected chi connectivity index (χ2v) is 8.42. The fraction of sp³-hybridized carbons (Fsp3) is 0.619. The summed E-state index contributed by atoms with van der Waals surface area (Å²) in [5, 5.41) is 4.54. The van der Waals surface area contributed by atoms with Crippen molar-refractivity contribution >= 4 is 11.6 Å². The van der Waals surface area contributed by atoms with Gasteiger partial charge in [-0.2, -0.15) is 5.10 Å². The third-order valence-electron chi connectivity index (χ3n) is 6.64. The molecule has 4 saturated carbocycles. The fourth-order valence-corrected chi connectivity index (χ4v) is 5.78. The highest BCUT2D eigenvalue weighted by Crippen LogP contribution is 2.60. The first kappa shape index (κ1) is 15.9. The number of amides is 1. The summed E-state index contributed by atoms with van der Waals surface area (Å²) in [7, 11) is 0. The third-order valence-corrected chi connectivity index (χ3v) is 6.64. The first-order valence-electron chi connectivity index (χ1n) is 9.50. The van der Waals surface area contributed by atoms with Gasteiger partial charge in [0.15, 0.2) is 0 Å². The molecule has 0 atom stereocenters. The van der Waals surface area contributed by atoms with Crippen LogP contribution in [0.4, 0.5) is 0 Å². The van der Waals surface area contributed by atoms with Gasteiger partial charge < -0.3 is 0 Å². The average Bonchev–Trinajstić information content (AvgIpc) is 2.57. The summed E-state index contributed by atoms with van der Waals surface area (Å²) >= 11 is 0. The van der Waals surface area contributed by atoms with Crippen LogP contribution in [0.3, 0.4) is 0 Å². The molecule has 128 valence electrons. The Morgan fingerprint density at radius 1 is 1.08 bits per heavy atom. The van der Waals surface area contributed by atoms with Gasteiger partial charge in [0.1, 0.15) is 0 Å². The predicted octanol–water partition coefficient (Wildman–Crippen LogP) is 4.33. The maximum atomic E-state index is 12.1. The Hall–Kier alpha value is -1.64. The molecule has 1 N–H and O–H groups in total. The van der Waals surface area contributed by atoms with Crippen molar-refractivity contribution in [3.63, 3.8) is 0 Å². The maximum absolute atomic E-state index is 12.1. The molecule has 24 heavy (non-hydrogen) atoms. The summed E-state index contributed by atoms with van der Waals surface area (Å²) in [6.07, 6.45) is 9.50. The zero-order valence-corrected chi connectivity index (χ0v) is 14.6. The summed E-state index contributed by atoms with van der Waals surface area (Å²) in [6.45, 7) is 2.14. The van der Waals surface area contributed by atoms with E-state index >= 15 is 0 Å². The lowest BCUT2D eigenvalue weighted by Crippen LogP contribution is -2.49.